The monoisotopic (exact) mass is 263 g/mol. The first-order chi connectivity index (χ1) is 9.22. The molecule has 1 saturated carbocycles. The second kappa shape index (κ2) is 6.80. The molecule has 0 spiro atoms. The maximum absolute atomic E-state index is 6.21. The van der Waals surface area contributed by atoms with Gasteiger partial charge in [0.05, 0.1) is 13.2 Å². The highest BCUT2D eigenvalue weighted by Crippen LogP contribution is 2.31. The number of benzene rings is 1. The van der Waals surface area contributed by atoms with E-state index in [2.05, 4.69) is 18.3 Å². The molecule has 1 aliphatic carbocycles. The minimum atomic E-state index is 0.360. The quantitative estimate of drug-likeness (QED) is 0.883. The largest absolute Gasteiger partial charge is 0.497 e. The van der Waals surface area contributed by atoms with Crippen molar-refractivity contribution in [1.29, 1.82) is 0 Å². The summed E-state index contributed by atoms with van der Waals surface area (Å²) in [5.41, 5.74) is 1.20. The molecule has 0 radical (unpaired) electrons. The smallest absolute Gasteiger partial charge is 0.127 e. The van der Waals surface area contributed by atoms with Crippen molar-refractivity contribution in [3.05, 3.63) is 23.8 Å². The van der Waals surface area contributed by atoms with Gasteiger partial charge in [0, 0.05) is 18.2 Å². The topological polar surface area (TPSA) is 30.5 Å². The van der Waals surface area contributed by atoms with Gasteiger partial charge < -0.3 is 14.8 Å². The molecule has 2 rings (SSSR count). The van der Waals surface area contributed by atoms with Gasteiger partial charge in [-0.25, -0.2) is 0 Å². The van der Waals surface area contributed by atoms with Crippen LogP contribution in [0.1, 0.15) is 38.2 Å². The summed E-state index contributed by atoms with van der Waals surface area (Å²) in [6.45, 7) is 3.15. The Morgan fingerprint density at radius 3 is 2.58 bits per heavy atom. The molecule has 106 valence electrons. The lowest BCUT2D eigenvalue weighted by Crippen LogP contribution is -2.23. The van der Waals surface area contributed by atoms with Gasteiger partial charge in [-0.3, -0.25) is 0 Å². The van der Waals surface area contributed by atoms with E-state index in [4.69, 9.17) is 9.47 Å². The second-order valence-corrected chi connectivity index (χ2v) is 5.50. The summed E-state index contributed by atoms with van der Waals surface area (Å²) in [5, 5.41) is 3.19. The van der Waals surface area contributed by atoms with E-state index in [0.29, 0.717) is 6.10 Å². The average molecular weight is 263 g/mol. The van der Waals surface area contributed by atoms with Gasteiger partial charge >= 0.3 is 0 Å². The molecule has 0 aromatic heterocycles. The van der Waals surface area contributed by atoms with Gasteiger partial charge in [0.25, 0.3) is 0 Å². The van der Waals surface area contributed by atoms with Crippen molar-refractivity contribution in [2.75, 3.05) is 14.2 Å². The van der Waals surface area contributed by atoms with Crippen LogP contribution in [0.3, 0.4) is 0 Å². The van der Waals surface area contributed by atoms with Gasteiger partial charge in [0.15, 0.2) is 0 Å². The van der Waals surface area contributed by atoms with Gasteiger partial charge in [-0.1, -0.05) is 13.0 Å². The van der Waals surface area contributed by atoms with Crippen molar-refractivity contribution in [2.24, 2.45) is 5.92 Å². The molecule has 1 aromatic carbocycles. The van der Waals surface area contributed by atoms with E-state index in [1.807, 2.05) is 19.2 Å². The molecule has 0 amide bonds. The highest BCUT2D eigenvalue weighted by molar-refractivity contribution is 5.40. The summed E-state index contributed by atoms with van der Waals surface area (Å²) in [4.78, 5) is 0. The molecule has 0 unspecified atom stereocenters. The lowest BCUT2D eigenvalue weighted by atomic mass is 9.89. The van der Waals surface area contributed by atoms with Crippen LogP contribution in [0.15, 0.2) is 18.2 Å². The molecule has 3 heteroatoms. The summed E-state index contributed by atoms with van der Waals surface area (Å²) in [6.07, 6.45) is 5.24. The van der Waals surface area contributed by atoms with E-state index >= 15 is 0 Å². The molecule has 19 heavy (non-hydrogen) atoms. The van der Waals surface area contributed by atoms with Crippen LogP contribution in [0.5, 0.6) is 11.5 Å². The molecule has 3 nitrogen and oxygen atoms in total. The number of nitrogens with one attached hydrogen (secondary N) is 1. The summed E-state index contributed by atoms with van der Waals surface area (Å²) < 4.78 is 11.5. The SMILES string of the molecule is CNCc1ccc(OC)cc1OC1CCC(C)CC1. The highest BCUT2D eigenvalue weighted by Gasteiger charge is 2.20. The zero-order valence-electron chi connectivity index (χ0n) is 12.2. The lowest BCUT2D eigenvalue weighted by molar-refractivity contribution is 0.134. The van der Waals surface area contributed by atoms with Crippen molar-refractivity contribution in [2.45, 2.75) is 45.3 Å². The summed E-state index contributed by atoms with van der Waals surface area (Å²) in [5.74, 6) is 2.68. The van der Waals surface area contributed by atoms with Crippen LogP contribution < -0.4 is 14.8 Å². The maximum Gasteiger partial charge on any atom is 0.127 e. The standard InChI is InChI=1S/C16H25NO2/c1-12-4-7-14(8-5-12)19-16-10-15(18-3)9-6-13(16)11-17-2/h6,9-10,12,14,17H,4-5,7-8,11H2,1-3H3. The first-order valence-corrected chi connectivity index (χ1v) is 7.21. The molecule has 1 aliphatic rings. The van der Waals surface area contributed by atoms with E-state index in [1.54, 1.807) is 7.11 Å². The molecular formula is C16H25NO2. The Balaban J connectivity index is 2.08. The van der Waals surface area contributed by atoms with E-state index < -0.39 is 0 Å². The number of rotatable bonds is 5. The van der Waals surface area contributed by atoms with E-state index in [1.165, 1.54) is 18.4 Å². The molecular weight excluding hydrogens is 238 g/mol. The minimum Gasteiger partial charge on any atom is -0.497 e. The van der Waals surface area contributed by atoms with E-state index in [0.717, 1.165) is 36.8 Å². The van der Waals surface area contributed by atoms with Crippen LogP contribution in [0.2, 0.25) is 0 Å². The van der Waals surface area contributed by atoms with Crippen LogP contribution in [0, 0.1) is 5.92 Å². The average Bonchev–Trinajstić information content (AvgIpc) is 2.43. The fraction of sp³-hybridized carbons (Fsp3) is 0.625. The van der Waals surface area contributed by atoms with Crippen molar-refractivity contribution in [3.8, 4) is 11.5 Å². The molecule has 1 N–H and O–H groups in total. The summed E-state index contributed by atoms with van der Waals surface area (Å²) >= 11 is 0. The Kier molecular flexibility index (Phi) is 5.08. The lowest BCUT2D eigenvalue weighted by Gasteiger charge is -2.27. The van der Waals surface area contributed by atoms with E-state index in [-0.39, 0.29) is 0 Å². The molecule has 0 bridgehead atoms. The van der Waals surface area contributed by atoms with Crippen molar-refractivity contribution >= 4 is 0 Å². The molecule has 1 fully saturated rings. The van der Waals surface area contributed by atoms with Crippen LogP contribution in [0.25, 0.3) is 0 Å². The number of hydrogen-bond donors (Lipinski definition) is 1. The second-order valence-electron chi connectivity index (χ2n) is 5.50. The molecule has 0 saturated heterocycles. The molecule has 0 aliphatic heterocycles. The summed E-state index contributed by atoms with van der Waals surface area (Å²) in [7, 11) is 3.65. The van der Waals surface area contributed by atoms with Crippen molar-refractivity contribution in [1.82, 2.24) is 5.32 Å². The fourth-order valence-corrected chi connectivity index (χ4v) is 2.63. The zero-order chi connectivity index (χ0) is 13.7. The first-order valence-electron chi connectivity index (χ1n) is 7.21. The third kappa shape index (κ3) is 3.87. The van der Waals surface area contributed by atoms with Crippen LogP contribution >= 0.6 is 0 Å². The van der Waals surface area contributed by atoms with Gasteiger partial charge in [0.2, 0.25) is 0 Å². The van der Waals surface area contributed by atoms with Crippen molar-refractivity contribution in [3.63, 3.8) is 0 Å². The molecule has 0 atom stereocenters. The third-order valence-corrected chi connectivity index (χ3v) is 3.90. The van der Waals surface area contributed by atoms with Gasteiger partial charge in [-0.2, -0.15) is 0 Å². The van der Waals surface area contributed by atoms with Crippen molar-refractivity contribution < 1.29 is 9.47 Å². The van der Waals surface area contributed by atoms with Gasteiger partial charge in [-0.15, -0.1) is 0 Å². The molecule has 1 aromatic rings. The van der Waals surface area contributed by atoms with Gasteiger partial charge in [-0.05, 0) is 44.7 Å². The Morgan fingerprint density at radius 2 is 1.95 bits per heavy atom. The zero-order valence-corrected chi connectivity index (χ0v) is 12.2. The Bertz CT molecular complexity index is 398. The Hall–Kier alpha value is -1.22. The van der Waals surface area contributed by atoms with Crippen LogP contribution in [-0.4, -0.2) is 20.3 Å². The number of ether oxygens (including phenoxy) is 2. The molecule has 0 heterocycles. The number of hydrogen-bond acceptors (Lipinski definition) is 3. The van der Waals surface area contributed by atoms with Gasteiger partial charge in [0.1, 0.15) is 11.5 Å². The van der Waals surface area contributed by atoms with Crippen LogP contribution in [0.4, 0.5) is 0 Å². The first kappa shape index (κ1) is 14.2. The summed E-state index contributed by atoms with van der Waals surface area (Å²) in [6, 6.07) is 6.07. The normalized spacial score (nSPS) is 23.1. The predicted molar refractivity (Wildman–Crippen MR) is 77.8 cm³/mol. The predicted octanol–water partition coefficient (Wildman–Crippen LogP) is 3.37. The number of methoxy groups -OCH3 is 1. The maximum atomic E-state index is 6.21. The Labute approximate surface area is 116 Å². The fourth-order valence-electron chi connectivity index (χ4n) is 2.63. The Morgan fingerprint density at radius 1 is 1.21 bits per heavy atom. The minimum absolute atomic E-state index is 0.360. The third-order valence-electron chi connectivity index (χ3n) is 3.90. The van der Waals surface area contributed by atoms with E-state index in [9.17, 15) is 0 Å². The highest BCUT2D eigenvalue weighted by atomic mass is 16.5. The van der Waals surface area contributed by atoms with Crippen LogP contribution in [-0.2, 0) is 6.54 Å².